The van der Waals surface area contributed by atoms with E-state index < -0.39 is 31.7 Å². The van der Waals surface area contributed by atoms with Crippen LogP contribution in [0.4, 0.5) is 0 Å². The van der Waals surface area contributed by atoms with E-state index in [0.717, 1.165) is 11.1 Å². The first-order valence-corrected chi connectivity index (χ1v) is 14.5. The van der Waals surface area contributed by atoms with Gasteiger partial charge in [0.05, 0.1) is 28.2 Å². The maximum Gasteiger partial charge on any atom is 0.337 e. The Balaban J connectivity index is 1.95. The van der Waals surface area contributed by atoms with Crippen molar-refractivity contribution in [2.24, 2.45) is 0 Å². The molecule has 0 heterocycles. The molecular weight excluding hydrogens is 498 g/mol. The van der Waals surface area contributed by atoms with Gasteiger partial charge in [-0.05, 0) is 68.7 Å². The summed E-state index contributed by atoms with van der Waals surface area (Å²) in [6.45, 7) is 7.09. The Morgan fingerprint density at radius 2 is 1.39 bits per heavy atom. The number of esters is 1. The van der Waals surface area contributed by atoms with Crippen molar-refractivity contribution in [2.45, 2.75) is 43.4 Å². The normalized spacial score (nSPS) is 12.8. The number of carbonyl (C=O) groups is 1. The van der Waals surface area contributed by atoms with Crippen molar-refractivity contribution in [1.82, 2.24) is 4.72 Å². The summed E-state index contributed by atoms with van der Waals surface area (Å²) in [6.07, 6.45) is 0. The number of carbonyl (C=O) groups excluding carboxylic acids is 1. The number of rotatable bonds is 9. The van der Waals surface area contributed by atoms with Gasteiger partial charge in [-0.25, -0.2) is 26.4 Å². The zero-order chi connectivity index (χ0) is 26.7. The van der Waals surface area contributed by atoms with Crippen LogP contribution in [-0.2, 0) is 24.6 Å². The van der Waals surface area contributed by atoms with Gasteiger partial charge in [0.1, 0.15) is 0 Å². The molecule has 0 fully saturated rings. The Labute approximate surface area is 213 Å². The lowest BCUT2D eigenvalue weighted by atomic mass is 10.00. The van der Waals surface area contributed by atoms with Crippen LogP contribution in [0.5, 0.6) is 0 Å². The molecule has 192 valence electrons. The molecule has 7 nitrogen and oxygen atoms in total. The third-order valence-electron chi connectivity index (χ3n) is 6.00. The van der Waals surface area contributed by atoms with Gasteiger partial charge in [0.15, 0.2) is 9.84 Å². The Morgan fingerprint density at radius 1 is 0.833 bits per heavy atom. The molecule has 0 aromatic heterocycles. The van der Waals surface area contributed by atoms with E-state index in [1.54, 1.807) is 62.4 Å². The van der Waals surface area contributed by atoms with Gasteiger partial charge < -0.3 is 4.74 Å². The first-order valence-electron chi connectivity index (χ1n) is 11.4. The van der Waals surface area contributed by atoms with E-state index in [9.17, 15) is 21.6 Å². The molecule has 0 saturated carbocycles. The molecule has 0 radical (unpaired) electrons. The first-order chi connectivity index (χ1) is 16.8. The van der Waals surface area contributed by atoms with Crippen LogP contribution in [0, 0.1) is 27.7 Å². The summed E-state index contributed by atoms with van der Waals surface area (Å²) in [5, 5.41) is 0. The number of aryl methyl sites for hydroxylation is 4. The Hall–Kier alpha value is -3.01. The van der Waals surface area contributed by atoms with E-state index in [2.05, 4.69) is 4.72 Å². The maximum atomic E-state index is 13.3. The molecule has 0 aliphatic rings. The van der Waals surface area contributed by atoms with Crippen LogP contribution in [-0.4, -0.2) is 42.2 Å². The molecule has 0 spiro atoms. The van der Waals surface area contributed by atoms with Gasteiger partial charge in [-0.2, -0.15) is 0 Å². The van der Waals surface area contributed by atoms with Crippen molar-refractivity contribution >= 4 is 25.8 Å². The summed E-state index contributed by atoms with van der Waals surface area (Å²) in [6, 6.07) is 16.5. The summed E-state index contributed by atoms with van der Waals surface area (Å²) >= 11 is 0. The van der Waals surface area contributed by atoms with Gasteiger partial charge in [-0.3, -0.25) is 0 Å². The number of nitrogens with one attached hydrogen (secondary N) is 1. The predicted molar refractivity (Wildman–Crippen MR) is 140 cm³/mol. The van der Waals surface area contributed by atoms with Crippen molar-refractivity contribution in [3.8, 4) is 0 Å². The summed E-state index contributed by atoms with van der Waals surface area (Å²) < 4.78 is 60.3. The van der Waals surface area contributed by atoms with Gasteiger partial charge >= 0.3 is 5.97 Å². The van der Waals surface area contributed by atoms with Crippen molar-refractivity contribution < 1.29 is 26.4 Å². The first kappa shape index (κ1) is 27.6. The fourth-order valence-electron chi connectivity index (χ4n) is 4.26. The van der Waals surface area contributed by atoms with Gasteiger partial charge in [0, 0.05) is 12.5 Å². The predicted octanol–water partition coefficient (Wildman–Crippen LogP) is 4.24. The third kappa shape index (κ3) is 6.40. The van der Waals surface area contributed by atoms with Crippen LogP contribution in [0.3, 0.4) is 0 Å². The van der Waals surface area contributed by atoms with Crippen LogP contribution in [0.2, 0.25) is 0 Å². The van der Waals surface area contributed by atoms with E-state index in [4.69, 9.17) is 4.74 Å². The molecule has 0 saturated heterocycles. The number of benzene rings is 3. The van der Waals surface area contributed by atoms with E-state index in [0.29, 0.717) is 22.3 Å². The van der Waals surface area contributed by atoms with E-state index in [-0.39, 0.29) is 22.1 Å². The average molecular weight is 530 g/mol. The second-order valence-corrected chi connectivity index (χ2v) is 12.7. The molecule has 3 rings (SSSR count). The lowest BCUT2D eigenvalue weighted by Crippen LogP contribution is -2.32. The van der Waals surface area contributed by atoms with Crippen LogP contribution >= 0.6 is 0 Å². The SMILES string of the molecule is COC(=O)c1ccc(C(CNS(=O)(=O)c2c(C)cc(C)cc2C)CS(=O)(=O)c2ccc(C)cc2)cc1. The van der Waals surface area contributed by atoms with Crippen LogP contribution < -0.4 is 4.72 Å². The Morgan fingerprint density at radius 3 is 1.92 bits per heavy atom. The van der Waals surface area contributed by atoms with Crippen molar-refractivity contribution in [1.29, 1.82) is 0 Å². The highest BCUT2D eigenvalue weighted by molar-refractivity contribution is 7.91. The quantitative estimate of drug-likeness (QED) is 0.416. The number of hydrogen-bond acceptors (Lipinski definition) is 6. The highest BCUT2D eigenvalue weighted by Gasteiger charge is 2.27. The Bertz CT molecular complexity index is 1440. The third-order valence-corrected chi connectivity index (χ3v) is 9.56. The van der Waals surface area contributed by atoms with E-state index in [1.165, 1.54) is 19.2 Å². The van der Waals surface area contributed by atoms with Crippen LogP contribution in [0.25, 0.3) is 0 Å². The largest absolute Gasteiger partial charge is 0.465 e. The summed E-state index contributed by atoms with van der Waals surface area (Å²) in [5.41, 5.74) is 4.01. The average Bonchev–Trinajstić information content (AvgIpc) is 2.80. The molecule has 0 bridgehead atoms. The molecular formula is C27H31NO6S2. The van der Waals surface area contributed by atoms with Crippen LogP contribution in [0.15, 0.2) is 70.5 Å². The van der Waals surface area contributed by atoms with Gasteiger partial charge in [0.2, 0.25) is 10.0 Å². The molecule has 3 aromatic rings. The minimum Gasteiger partial charge on any atom is -0.465 e. The molecule has 1 N–H and O–H groups in total. The fourth-order valence-corrected chi connectivity index (χ4v) is 7.38. The van der Waals surface area contributed by atoms with Crippen molar-refractivity contribution in [3.05, 3.63) is 94.0 Å². The fraction of sp³-hybridized carbons (Fsp3) is 0.296. The van der Waals surface area contributed by atoms with E-state index in [1.807, 2.05) is 13.8 Å². The van der Waals surface area contributed by atoms with E-state index >= 15 is 0 Å². The second kappa shape index (κ2) is 10.9. The van der Waals surface area contributed by atoms with Gasteiger partial charge in [0.25, 0.3) is 0 Å². The topological polar surface area (TPSA) is 107 Å². The van der Waals surface area contributed by atoms with Crippen molar-refractivity contribution in [2.75, 3.05) is 19.4 Å². The minimum absolute atomic E-state index is 0.141. The monoisotopic (exact) mass is 529 g/mol. The number of sulfonamides is 1. The summed E-state index contributed by atoms with van der Waals surface area (Å²) in [5.74, 6) is -1.54. The summed E-state index contributed by atoms with van der Waals surface area (Å²) in [7, 11) is -6.37. The molecule has 1 unspecified atom stereocenters. The number of ether oxygens (including phenoxy) is 1. The summed E-state index contributed by atoms with van der Waals surface area (Å²) in [4.78, 5) is 12.2. The van der Waals surface area contributed by atoms with Gasteiger partial charge in [-0.15, -0.1) is 0 Å². The minimum atomic E-state index is -3.91. The zero-order valence-electron chi connectivity index (χ0n) is 21.0. The lowest BCUT2D eigenvalue weighted by Gasteiger charge is -2.20. The highest BCUT2D eigenvalue weighted by Crippen LogP contribution is 2.25. The smallest absolute Gasteiger partial charge is 0.337 e. The molecule has 0 aliphatic heterocycles. The second-order valence-electron chi connectivity index (χ2n) is 8.98. The molecule has 36 heavy (non-hydrogen) atoms. The molecule has 0 amide bonds. The van der Waals surface area contributed by atoms with Gasteiger partial charge in [-0.1, -0.05) is 47.5 Å². The lowest BCUT2D eigenvalue weighted by molar-refractivity contribution is 0.0600. The number of sulfone groups is 1. The molecule has 3 aromatic carbocycles. The zero-order valence-corrected chi connectivity index (χ0v) is 22.7. The molecule has 9 heteroatoms. The maximum absolute atomic E-state index is 13.3. The molecule has 0 aliphatic carbocycles. The standard InChI is InChI=1S/C27H31NO6S2/c1-18-6-12-25(13-7-18)35(30,31)17-24(22-8-10-23(11-9-22)27(29)34-5)16-28-36(32,33)26-20(3)14-19(2)15-21(26)4/h6-15,24,28H,16-17H2,1-5H3. The van der Waals surface area contributed by atoms with Crippen molar-refractivity contribution in [3.63, 3.8) is 0 Å². The Kier molecular flexibility index (Phi) is 8.38. The van der Waals surface area contributed by atoms with Crippen LogP contribution in [0.1, 0.15) is 44.1 Å². The number of hydrogen-bond donors (Lipinski definition) is 1. The number of methoxy groups -OCH3 is 1. The molecule has 1 atom stereocenters. The highest BCUT2D eigenvalue weighted by atomic mass is 32.2.